The van der Waals surface area contributed by atoms with Gasteiger partial charge in [0.15, 0.2) is 0 Å². The van der Waals surface area contributed by atoms with E-state index in [0.717, 1.165) is 5.56 Å². The van der Waals surface area contributed by atoms with E-state index in [1.807, 2.05) is 19.1 Å². The minimum atomic E-state index is -0.339. The highest BCUT2D eigenvalue weighted by Crippen LogP contribution is 2.09. The zero-order valence-electron chi connectivity index (χ0n) is 11.3. The predicted octanol–water partition coefficient (Wildman–Crippen LogP) is 2.55. The highest BCUT2D eigenvalue weighted by molar-refractivity contribution is 6.30. The van der Waals surface area contributed by atoms with Crippen molar-refractivity contribution in [3.63, 3.8) is 0 Å². The lowest BCUT2D eigenvalue weighted by molar-refractivity contribution is 0.163. The fourth-order valence-electron chi connectivity index (χ4n) is 1.78. The Morgan fingerprint density at radius 1 is 1.26 bits per heavy atom. The molecule has 5 heteroatoms. The van der Waals surface area contributed by atoms with Gasteiger partial charge in [0, 0.05) is 18.1 Å². The fourth-order valence-corrected chi connectivity index (χ4v) is 1.91. The molecule has 0 saturated carbocycles. The summed E-state index contributed by atoms with van der Waals surface area (Å²) in [6.07, 6.45) is 0.339. The second-order valence-electron chi connectivity index (χ2n) is 4.88. The first kappa shape index (κ1) is 15.8. The van der Waals surface area contributed by atoms with Crippen LogP contribution < -0.4 is 10.6 Å². The molecule has 2 amide bonds. The van der Waals surface area contributed by atoms with Crippen LogP contribution in [0.1, 0.15) is 25.8 Å². The number of hydrogen-bond acceptors (Lipinski definition) is 2. The van der Waals surface area contributed by atoms with E-state index in [1.54, 1.807) is 19.1 Å². The molecule has 3 N–H and O–H groups in total. The minimum Gasteiger partial charge on any atom is -0.393 e. The second-order valence-corrected chi connectivity index (χ2v) is 5.32. The van der Waals surface area contributed by atoms with Crippen molar-refractivity contribution in [1.29, 1.82) is 0 Å². The van der Waals surface area contributed by atoms with Crippen LogP contribution in [0.4, 0.5) is 4.79 Å². The Morgan fingerprint density at radius 3 is 2.47 bits per heavy atom. The third-order valence-corrected chi connectivity index (χ3v) is 2.97. The van der Waals surface area contributed by atoms with Gasteiger partial charge < -0.3 is 15.7 Å². The summed E-state index contributed by atoms with van der Waals surface area (Å²) >= 11 is 5.78. The number of halogens is 1. The van der Waals surface area contributed by atoms with Gasteiger partial charge in [-0.3, -0.25) is 0 Å². The molecule has 19 heavy (non-hydrogen) atoms. The highest BCUT2D eigenvalue weighted by Gasteiger charge is 2.07. The molecule has 0 radical (unpaired) electrons. The van der Waals surface area contributed by atoms with Gasteiger partial charge in [0.05, 0.1) is 6.10 Å². The third kappa shape index (κ3) is 7.03. The van der Waals surface area contributed by atoms with E-state index >= 15 is 0 Å². The Kier molecular flexibility index (Phi) is 6.67. The summed E-state index contributed by atoms with van der Waals surface area (Å²) in [5.41, 5.74) is 0.997. The number of hydrogen-bond donors (Lipinski definition) is 3. The van der Waals surface area contributed by atoms with Crippen LogP contribution >= 0.6 is 11.6 Å². The fraction of sp³-hybridized carbons (Fsp3) is 0.500. The molecule has 0 saturated heterocycles. The van der Waals surface area contributed by atoms with Crippen molar-refractivity contribution < 1.29 is 9.90 Å². The predicted molar refractivity (Wildman–Crippen MR) is 77.2 cm³/mol. The van der Waals surface area contributed by atoms with Crippen molar-refractivity contribution in [3.05, 3.63) is 34.9 Å². The van der Waals surface area contributed by atoms with Gasteiger partial charge in [-0.1, -0.05) is 30.7 Å². The maximum absolute atomic E-state index is 11.6. The number of aliphatic hydroxyl groups excluding tert-OH is 1. The number of benzene rings is 1. The van der Waals surface area contributed by atoms with Gasteiger partial charge in [0.2, 0.25) is 0 Å². The lowest BCUT2D eigenvalue weighted by atomic mass is 10.1. The maximum atomic E-state index is 11.6. The van der Waals surface area contributed by atoms with Crippen LogP contribution in [0.25, 0.3) is 0 Å². The van der Waals surface area contributed by atoms with Gasteiger partial charge in [0.1, 0.15) is 0 Å². The standard InChI is InChI=1S/C14H21ClN2O2/c1-10(7-11(2)18)8-16-14(19)17-9-12-3-5-13(15)6-4-12/h3-6,10-11,18H,7-9H2,1-2H3,(H2,16,17,19). The number of rotatable bonds is 6. The average Bonchev–Trinajstić information content (AvgIpc) is 2.35. The molecule has 4 nitrogen and oxygen atoms in total. The van der Waals surface area contributed by atoms with E-state index in [1.165, 1.54) is 0 Å². The van der Waals surface area contributed by atoms with E-state index in [-0.39, 0.29) is 18.1 Å². The summed E-state index contributed by atoms with van der Waals surface area (Å²) in [5, 5.41) is 15.5. The quantitative estimate of drug-likeness (QED) is 0.752. The molecular weight excluding hydrogens is 264 g/mol. The molecule has 2 atom stereocenters. The molecule has 0 fully saturated rings. The average molecular weight is 285 g/mol. The second kappa shape index (κ2) is 8.02. The van der Waals surface area contributed by atoms with E-state index < -0.39 is 0 Å². The van der Waals surface area contributed by atoms with Gasteiger partial charge in [-0.05, 0) is 37.0 Å². The molecule has 1 rings (SSSR count). The minimum absolute atomic E-state index is 0.201. The number of carbonyl (C=O) groups excluding carboxylic acids is 1. The van der Waals surface area contributed by atoms with Gasteiger partial charge in [-0.2, -0.15) is 0 Å². The summed E-state index contributed by atoms with van der Waals surface area (Å²) in [7, 11) is 0. The summed E-state index contributed by atoms with van der Waals surface area (Å²) in [4.78, 5) is 11.6. The van der Waals surface area contributed by atoms with Crippen LogP contribution in [0.5, 0.6) is 0 Å². The molecule has 0 aliphatic carbocycles. The maximum Gasteiger partial charge on any atom is 0.315 e. The molecule has 0 heterocycles. The third-order valence-electron chi connectivity index (χ3n) is 2.72. The van der Waals surface area contributed by atoms with E-state index in [0.29, 0.717) is 24.5 Å². The number of nitrogens with one attached hydrogen (secondary N) is 2. The van der Waals surface area contributed by atoms with Crippen molar-refractivity contribution in [2.24, 2.45) is 5.92 Å². The first-order valence-electron chi connectivity index (χ1n) is 6.41. The van der Waals surface area contributed by atoms with Crippen molar-refractivity contribution in [2.45, 2.75) is 32.9 Å². The molecule has 0 spiro atoms. The smallest absolute Gasteiger partial charge is 0.315 e. The molecule has 0 aliphatic rings. The normalized spacial score (nSPS) is 13.7. The van der Waals surface area contributed by atoms with Crippen LogP contribution in [-0.4, -0.2) is 23.8 Å². The Hall–Kier alpha value is -1.26. The highest BCUT2D eigenvalue weighted by atomic mass is 35.5. The number of amides is 2. The van der Waals surface area contributed by atoms with Crippen LogP contribution in [-0.2, 0) is 6.54 Å². The Labute approximate surface area is 119 Å². The van der Waals surface area contributed by atoms with Crippen molar-refractivity contribution in [1.82, 2.24) is 10.6 Å². The monoisotopic (exact) mass is 284 g/mol. The van der Waals surface area contributed by atoms with Crippen LogP contribution in [0, 0.1) is 5.92 Å². The molecule has 1 aromatic carbocycles. The largest absolute Gasteiger partial charge is 0.393 e. The number of carbonyl (C=O) groups is 1. The molecule has 2 unspecified atom stereocenters. The Balaban J connectivity index is 2.22. The SMILES string of the molecule is CC(O)CC(C)CNC(=O)NCc1ccc(Cl)cc1. The first-order valence-corrected chi connectivity index (χ1v) is 6.79. The first-order chi connectivity index (χ1) is 8.97. The number of urea groups is 1. The zero-order chi connectivity index (χ0) is 14.3. The Bertz CT molecular complexity index is 393. The molecule has 106 valence electrons. The molecular formula is C14H21ClN2O2. The van der Waals surface area contributed by atoms with Gasteiger partial charge in [-0.25, -0.2) is 4.79 Å². The lowest BCUT2D eigenvalue weighted by Crippen LogP contribution is -2.37. The van der Waals surface area contributed by atoms with Crippen LogP contribution in [0.2, 0.25) is 5.02 Å². The summed E-state index contributed by atoms with van der Waals surface area (Å²) in [5.74, 6) is 0.251. The zero-order valence-corrected chi connectivity index (χ0v) is 12.1. The topological polar surface area (TPSA) is 61.4 Å². The van der Waals surface area contributed by atoms with Gasteiger partial charge in [0.25, 0.3) is 0 Å². The van der Waals surface area contributed by atoms with Crippen LogP contribution in [0.15, 0.2) is 24.3 Å². The summed E-state index contributed by atoms with van der Waals surface area (Å²) in [6, 6.07) is 7.13. The van der Waals surface area contributed by atoms with Gasteiger partial charge in [-0.15, -0.1) is 0 Å². The van der Waals surface area contributed by atoms with Gasteiger partial charge >= 0.3 is 6.03 Å². The molecule has 0 aliphatic heterocycles. The molecule has 0 bridgehead atoms. The van der Waals surface area contributed by atoms with Crippen molar-refractivity contribution >= 4 is 17.6 Å². The van der Waals surface area contributed by atoms with E-state index in [9.17, 15) is 9.90 Å². The summed E-state index contributed by atoms with van der Waals surface area (Å²) < 4.78 is 0. The molecule has 1 aromatic rings. The van der Waals surface area contributed by atoms with Crippen molar-refractivity contribution in [3.8, 4) is 0 Å². The van der Waals surface area contributed by atoms with E-state index in [2.05, 4.69) is 10.6 Å². The lowest BCUT2D eigenvalue weighted by Gasteiger charge is -2.14. The Morgan fingerprint density at radius 2 is 1.89 bits per heavy atom. The summed E-state index contributed by atoms with van der Waals surface area (Å²) in [6.45, 7) is 4.76. The number of aliphatic hydroxyl groups is 1. The van der Waals surface area contributed by atoms with E-state index in [4.69, 9.17) is 11.6 Å². The van der Waals surface area contributed by atoms with Crippen molar-refractivity contribution in [2.75, 3.05) is 6.54 Å². The molecule has 0 aromatic heterocycles. The van der Waals surface area contributed by atoms with Crippen LogP contribution in [0.3, 0.4) is 0 Å².